The number of nitrogens with one attached hydrogen (secondary N) is 2. The minimum Gasteiger partial charge on any atom is -0.478 e. The normalized spacial score (nSPS) is 12.6. The number of aliphatic hydroxyl groups excluding tert-OH is 1. The second kappa shape index (κ2) is 7.08. The first-order chi connectivity index (χ1) is 9.70. The number of carboxylic acid groups (broad SMARTS) is 1. The lowest BCUT2D eigenvalue weighted by Crippen LogP contribution is -2.43. The number of amides is 2. The van der Waals surface area contributed by atoms with E-state index in [1.54, 1.807) is 12.1 Å². The molecule has 6 nitrogen and oxygen atoms in total. The van der Waals surface area contributed by atoms with Gasteiger partial charge < -0.3 is 20.8 Å². The van der Waals surface area contributed by atoms with Crippen LogP contribution >= 0.6 is 0 Å². The molecule has 116 valence electrons. The molecule has 1 aromatic rings. The van der Waals surface area contributed by atoms with E-state index in [0.717, 1.165) is 5.56 Å². The Bertz CT molecular complexity index is 491. The fraction of sp³-hybridized carbons (Fsp3) is 0.467. The quantitative estimate of drug-likeness (QED) is 0.662. The van der Waals surface area contributed by atoms with Gasteiger partial charge in [0.1, 0.15) is 0 Å². The Hall–Kier alpha value is -2.08. The number of hydrogen-bond acceptors (Lipinski definition) is 3. The standard InChI is InChI=1S/C15H22N2O4/c1-15(2,3)12(18)9-17-14(21)16-8-10-4-6-11(7-5-10)13(19)20/h4-7,12,18H,8-9H2,1-3H3,(H,19,20)(H2,16,17,21). The molecule has 0 fully saturated rings. The van der Waals surface area contributed by atoms with Gasteiger partial charge in [-0.25, -0.2) is 9.59 Å². The summed E-state index contributed by atoms with van der Waals surface area (Å²) in [6.45, 7) is 6.13. The van der Waals surface area contributed by atoms with Crippen LogP contribution in [-0.4, -0.2) is 34.9 Å². The Morgan fingerprint density at radius 1 is 1.14 bits per heavy atom. The Labute approximate surface area is 124 Å². The second-order valence-electron chi connectivity index (χ2n) is 5.95. The predicted octanol–water partition coefficient (Wildman–Crippen LogP) is 1.59. The zero-order chi connectivity index (χ0) is 16.0. The van der Waals surface area contributed by atoms with Gasteiger partial charge in [-0.2, -0.15) is 0 Å². The van der Waals surface area contributed by atoms with Crippen LogP contribution in [0.15, 0.2) is 24.3 Å². The van der Waals surface area contributed by atoms with Crippen molar-refractivity contribution in [3.05, 3.63) is 35.4 Å². The van der Waals surface area contributed by atoms with E-state index in [0.29, 0.717) is 0 Å². The predicted molar refractivity (Wildman–Crippen MR) is 79.1 cm³/mol. The largest absolute Gasteiger partial charge is 0.478 e. The number of urea groups is 1. The van der Waals surface area contributed by atoms with E-state index < -0.39 is 12.1 Å². The minimum atomic E-state index is -0.983. The molecule has 1 aromatic carbocycles. The van der Waals surface area contributed by atoms with Gasteiger partial charge in [-0.05, 0) is 23.1 Å². The van der Waals surface area contributed by atoms with Crippen LogP contribution in [0.3, 0.4) is 0 Å². The molecule has 0 bridgehead atoms. The third-order valence-electron chi connectivity index (χ3n) is 3.11. The van der Waals surface area contributed by atoms with Crippen molar-refractivity contribution in [2.75, 3.05) is 6.54 Å². The average Bonchev–Trinajstić information content (AvgIpc) is 2.41. The van der Waals surface area contributed by atoms with Crippen LogP contribution in [0.5, 0.6) is 0 Å². The van der Waals surface area contributed by atoms with Crippen molar-refractivity contribution in [1.29, 1.82) is 0 Å². The molecule has 1 atom stereocenters. The van der Waals surface area contributed by atoms with Gasteiger partial charge in [0.15, 0.2) is 0 Å². The van der Waals surface area contributed by atoms with E-state index in [-0.39, 0.29) is 30.1 Å². The van der Waals surface area contributed by atoms with Crippen LogP contribution < -0.4 is 10.6 Å². The lowest BCUT2D eigenvalue weighted by Gasteiger charge is -2.25. The number of aromatic carboxylic acids is 1. The van der Waals surface area contributed by atoms with Crippen molar-refractivity contribution in [3.63, 3.8) is 0 Å². The minimum absolute atomic E-state index is 0.174. The van der Waals surface area contributed by atoms with Gasteiger partial charge in [0, 0.05) is 13.1 Å². The summed E-state index contributed by atoms with van der Waals surface area (Å²) in [5.41, 5.74) is 0.711. The summed E-state index contributed by atoms with van der Waals surface area (Å²) >= 11 is 0. The van der Waals surface area contributed by atoms with E-state index in [4.69, 9.17) is 5.11 Å². The smallest absolute Gasteiger partial charge is 0.335 e. The molecule has 1 unspecified atom stereocenters. The van der Waals surface area contributed by atoms with Crippen molar-refractivity contribution in [2.24, 2.45) is 5.41 Å². The van der Waals surface area contributed by atoms with Crippen LogP contribution in [0.1, 0.15) is 36.7 Å². The number of hydrogen-bond donors (Lipinski definition) is 4. The molecule has 0 spiro atoms. The number of carbonyl (C=O) groups is 2. The molecule has 0 aliphatic heterocycles. The zero-order valence-corrected chi connectivity index (χ0v) is 12.5. The first-order valence-corrected chi connectivity index (χ1v) is 6.72. The maximum atomic E-state index is 11.6. The fourth-order valence-corrected chi connectivity index (χ4v) is 1.51. The summed E-state index contributed by atoms with van der Waals surface area (Å²) in [4.78, 5) is 22.3. The zero-order valence-electron chi connectivity index (χ0n) is 12.5. The maximum Gasteiger partial charge on any atom is 0.335 e. The van der Waals surface area contributed by atoms with Crippen LogP contribution in [0, 0.1) is 5.41 Å². The van der Waals surface area contributed by atoms with E-state index in [1.165, 1.54) is 12.1 Å². The number of benzene rings is 1. The SMILES string of the molecule is CC(C)(C)C(O)CNC(=O)NCc1ccc(C(=O)O)cc1. The summed E-state index contributed by atoms with van der Waals surface area (Å²) in [5, 5.41) is 23.8. The summed E-state index contributed by atoms with van der Waals surface area (Å²) in [6.07, 6.45) is -0.627. The molecule has 0 aliphatic rings. The van der Waals surface area contributed by atoms with Crippen molar-refractivity contribution in [3.8, 4) is 0 Å². The second-order valence-corrected chi connectivity index (χ2v) is 5.95. The van der Waals surface area contributed by atoms with Gasteiger partial charge in [0.25, 0.3) is 0 Å². The number of carbonyl (C=O) groups excluding carboxylic acids is 1. The first kappa shape index (κ1) is 17.0. The van der Waals surface area contributed by atoms with Gasteiger partial charge in [0.2, 0.25) is 0 Å². The Kier molecular flexibility index (Phi) is 5.72. The van der Waals surface area contributed by atoms with Crippen molar-refractivity contribution >= 4 is 12.0 Å². The Balaban J connectivity index is 2.38. The Morgan fingerprint density at radius 3 is 2.19 bits per heavy atom. The number of carboxylic acids is 1. The van der Waals surface area contributed by atoms with E-state index >= 15 is 0 Å². The molecule has 0 heterocycles. The van der Waals surface area contributed by atoms with Crippen LogP contribution in [-0.2, 0) is 6.54 Å². The van der Waals surface area contributed by atoms with Gasteiger partial charge >= 0.3 is 12.0 Å². The molecule has 21 heavy (non-hydrogen) atoms. The molecule has 0 aliphatic carbocycles. The van der Waals surface area contributed by atoms with Gasteiger partial charge in [0.05, 0.1) is 11.7 Å². The van der Waals surface area contributed by atoms with E-state index in [1.807, 2.05) is 20.8 Å². The molecule has 0 saturated carbocycles. The molecule has 2 amide bonds. The number of rotatable bonds is 5. The first-order valence-electron chi connectivity index (χ1n) is 6.72. The van der Waals surface area contributed by atoms with Gasteiger partial charge in [-0.15, -0.1) is 0 Å². The van der Waals surface area contributed by atoms with E-state index in [2.05, 4.69) is 10.6 Å². The van der Waals surface area contributed by atoms with Crippen LogP contribution in [0.4, 0.5) is 4.79 Å². The monoisotopic (exact) mass is 294 g/mol. The molecule has 0 aromatic heterocycles. The molecular formula is C15H22N2O4. The lowest BCUT2D eigenvalue weighted by atomic mass is 9.89. The maximum absolute atomic E-state index is 11.6. The molecule has 0 radical (unpaired) electrons. The summed E-state index contributed by atoms with van der Waals surface area (Å²) in [7, 11) is 0. The molecule has 0 saturated heterocycles. The van der Waals surface area contributed by atoms with Gasteiger partial charge in [-0.3, -0.25) is 0 Å². The topological polar surface area (TPSA) is 98.7 Å². The van der Waals surface area contributed by atoms with E-state index in [9.17, 15) is 14.7 Å². The highest BCUT2D eigenvalue weighted by atomic mass is 16.4. The Morgan fingerprint density at radius 2 is 1.71 bits per heavy atom. The highest BCUT2D eigenvalue weighted by molar-refractivity contribution is 5.87. The third-order valence-corrected chi connectivity index (χ3v) is 3.11. The molecular weight excluding hydrogens is 272 g/mol. The lowest BCUT2D eigenvalue weighted by molar-refractivity contribution is 0.0650. The highest BCUT2D eigenvalue weighted by Gasteiger charge is 2.22. The summed E-state index contributed by atoms with van der Waals surface area (Å²) < 4.78 is 0. The van der Waals surface area contributed by atoms with Crippen LogP contribution in [0.2, 0.25) is 0 Å². The van der Waals surface area contributed by atoms with Crippen LogP contribution in [0.25, 0.3) is 0 Å². The average molecular weight is 294 g/mol. The molecule has 4 N–H and O–H groups in total. The molecule has 6 heteroatoms. The summed E-state index contributed by atoms with van der Waals surface area (Å²) in [5.74, 6) is -0.983. The molecule has 1 rings (SSSR count). The van der Waals surface area contributed by atoms with Crippen molar-refractivity contribution in [1.82, 2.24) is 10.6 Å². The van der Waals surface area contributed by atoms with Crippen molar-refractivity contribution < 1.29 is 19.8 Å². The fourth-order valence-electron chi connectivity index (χ4n) is 1.51. The highest BCUT2D eigenvalue weighted by Crippen LogP contribution is 2.17. The third kappa shape index (κ3) is 5.83. The van der Waals surface area contributed by atoms with Gasteiger partial charge in [-0.1, -0.05) is 32.9 Å². The van der Waals surface area contributed by atoms with Crippen molar-refractivity contribution in [2.45, 2.75) is 33.4 Å². The summed E-state index contributed by atoms with van der Waals surface area (Å²) in [6, 6.07) is 5.89. The number of aliphatic hydroxyl groups is 1.